The number of piperidine rings is 1. The molecule has 228 valence electrons. The van der Waals surface area contributed by atoms with Crippen LogP contribution >= 0.6 is 0 Å². The van der Waals surface area contributed by atoms with Gasteiger partial charge in [0.05, 0.1) is 12.2 Å². The van der Waals surface area contributed by atoms with Gasteiger partial charge in [0.15, 0.2) is 11.5 Å². The van der Waals surface area contributed by atoms with Crippen LogP contribution in [0.4, 0.5) is 9.18 Å². The van der Waals surface area contributed by atoms with E-state index < -0.39 is 17.4 Å². The zero-order valence-corrected chi connectivity index (χ0v) is 25.7. The Morgan fingerprint density at radius 2 is 1.81 bits per heavy atom. The maximum Gasteiger partial charge on any atom is 0.410 e. The highest BCUT2D eigenvalue weighted by atomic mass is 19.1. The monoisotopic (exact) mass is 581 g/mol. The Balaban J connectivity index is 1.13. The Kier molecular flexibility index (Phi) is 8.57. The fourth-order valence-electron chi connectivity index (χ4n) is 5.85. The summed E-state index contributed by atoms with van der Waals surface area (Å²) in [5.41, 5.74) is -0.577. The van der Waals surface area contributed by atoms with Crippen molar-refractivity contribution in [1.82, 2.24) is 34.7 Å². The third-order valence-electron chi connectivity index (χ3n) is 8.50. The smallest absolute Gasteiger partial charge is 0.410 e. The average Bonchev–Trinajstić information content (AvgIpc) is 3.59. The van der Waals surface area contributed by atoms with Crippen molar-refractivity contribution < 1.29 is 18.7 Å². The topological polar surface area (TPSA) is 100 Å². The van der Waals surface area contributed by atoms with Crippen LogP contribution in [-0.2, 0) is 24.1 Å². The van der Waals surface area contributed by atoms with E-state index in [1.165, 1.54) is 5.56 Å². The van der Waals surface area contributed by atoms with E-state index in [0.717, 1.165) is 43.1 Å². The molecule has 0 bridgehead atoms. The summed E-state index contributed by atoms with van der Waals surface area (Å²) in [6.07, 6.45) is 5.41. The number of ether oxygens (including phenoxy) is 2. The molecule has 3 heterocycles. The summed E-state index contributed by atoms with van der Waals surface area (Å²) < 4.78 is 31.3. The second-order valence-corrected chi connectivity index (χ2v) is 13.1. The fourth-order valence-corrected chi connectivity index (χ4v) is 5.85. The van der Waals surface area contributed by atoms with Gasteiger partial charge < -0.3 is 18.9 Å². The molecule has 5 rings (SSSR count). The molecule has 42 heavy (non-hydrogen) atoms. The normalized spacial score (nSPS) is 21.0. The quantitative estimate of drug-likeness (QED) is 0.327. The molecule has 11 heteroatoms. The van der Waals surface area contributed by atoms with Gasteiger partial charge in [0.2, 0.25) is 0 Å². The van der Waals surface area contributed by atoms with Crippen molar-refractivity contribution in [2.45, 2.75) is 109 Å². The Morgan fingerprint density at radius 1 is 1.10 bits per heavy atom. The molecule has 0 radical (unpaired) electrons. The number of rotatable bonds is 7. The number of hydrogen-bond acceptors (Lipinski definition) is 7. The van der Waals surface area contributed by atoms with Gasteiger partial charge in [0.25, 0.3) is 0 Å². The third-order valence-corrected chi connectivity index (χ3v) is 8.50. The van der Waals surface area contributed by atoms with Gasteiger partial charge in [-0.3, -0.25) is 0 Å². The average molecular weight is 582 g/mol. The number of nitrogens with zero attached hydrogens (tertiary/aromatic N) is 7. The molecule has 0 spiro atoms. The molecule has 1 aromatic carbocycles. The van der Waals surface area contributed by atoms with Crippen molar-refractivity contribution in [2.24, 2.45) is 7.05 Å². The maximum atomic E-state index is 15.9. The number of likely N-dealkylation sites (tertiary alicyclic amines) is 1. The minimum Gasteiger partial charge on any atom is -0.486 e. The van der Waals surface area contributed by atoms with Crippen LogP contribution in [0.25, 0.3) is 0 Å². The molecule has 1 aliphatic heterocycles. The third kappa shape index (κ3) is 6.76. The van der Waals surface area contributed by atoms with Crippen LogP contribution in [0.1, 0.15) is 114 Å². The zero-order chi connectivity index (χ0) is 30.1. The van der Waals surface area contributed by atoms with Crippen LogP contribution in [0, 0.1) is 0 Å². The second kappa shape index (κ2) is 12.0. The highest BCUT2D eigenvalue weighted by Crippen LogP contribution is 2.40. The number of amides is 1. The number of carbonyl (C=O) groups excluding carboxylic acids is 1. The lowest BCUT2D eigenvalue weighted by atomic mass is 9.85. The summed E-state index contributed by atoms with van der Waals surface area (Å²) in [5.74, 6) is 3.35. The van der Waals surface area contributed by atoms with E-state index in [0.29, 0.717) is 37.2 Å². The lowest BCUT2D eigenvalue weighted by Crippen LogP contribution is -2.45. The van der Waals surface area contributed by atoms with Gasteiger partial charge in [-0.25, -0.2) is 13.9 Å². The van der Waals surface area contributed by atoms with Gasteiger partial charge in [-0.2, -0.15) is 0 Å². The highest BCUT2D eigenvalue weighted by molar-refractivity contribution is 5.68. The molecule has 2 aromatic heterocycles. The number of alkyl halides is 1. The van der Waals surface area contributed by atoms with Crippen molar-refractivity contribution in [3.8, 4) is 5.75 Å². The fraction of sp³-hybridized carbons (Fsp3) is 0.645. The first-order valence-corrected chi connectivity index (χ1v) is 15.1. The van der Waals surface area contributed by atoms with Crippen LogP contribution < -0.4 is 4.74 Å². The maximum absolute atomic E-state index is 15.9. The first-order chi connectivity index (χ1) is 19.9. The van der Waals surface area contributed by atoms with Crippen molar-refractivity contribution in [2.75, 3.05) is 13.1 Å². The van der Waals surface area contributed by atoms with Crippen molar-refractivity contribution in [3.63, 3.8) is 0 Å². The van der Waals surface area contributed by atoms with Gasteiger partial charge in [0, 0.05) is 38.9 Å². The minimum absolute atomic E-state index is 0.164. The summed E-state index contributed by atoms with van der Waals surface area (Å²) in [6.45, 7) is 10.8. The number of carbonyl (C=O) groups is 1. The van der Waals surface area contributed by atoms with E-state index in [9.17, 15) is 4.79 Å². The Bertz CT molecular complexity index is 1360. The molecule has 1 saturated carbocycles. The number of halogens is 1. The second-order valence-electron chi connectivity index (χ2n) is 13.1. The predicted molar refractivity (Wildman–Crippen MR) is 156 cm³/mol. The molecule has 10 nitrogen and oxygen atoms in total. The predicted octanol–water partition coefficient (Wildman–Crippen LogP) is 6.20. The Morgan fingerprint density at radius 3 is 2.48 bits per heavy atom. The molecule has 2 fully saturated rings. The zero-order valence-electron chi connectivity index (χ0n) is 25.7. The minimum atomic E-state index is -1.60. The van der Waals surface area contributed by atoms with E-state index in [2.05, 4.69) is 51.1 Å². The number of hydrogen-bond donors (Lipinski definition) is 0. The van der Waals surface area contributed by atoms with E-state index in [1.54, 1.807) is 11.1 Å². The van der Waals surface area contributed by atoms with Gasteiger partial charge >= 0.3 is 6.09 Å². The van der Waals surface area contributed by atoms with Gasteiger partial charge in [-0.15, -0.1) is 15.3 Å². The molecule has 0 atom stereocenters. The molecule has 1 aliphatic carbocycles. The summed E-state index contributed by atoms with van der Waals surface area (Å²) in [7, 11) is 2.00. The Labute approximate surface area is 247 Å². The molecule has 0 N–H and O–H groups in total. The van der Waals surface area contributed by atoms with Gasteiger partial charge in [0.1, 0.15) is 29.5 Å². The molecular weight excluding hydrogens is 537 g/mol. The van der Waals surface area contributed by atoms with E-state index >= 15 is 4.39 Å². The van der Waals surface area contributed by atoms with Crippen LogP contribution in [0.2, 0.25) is 0 Å². The van der Waals surface area contributed by atoms with Gasteiger partial charge in [-0.05, 0) is 70.1 Å². The number of aromatic nitrogens is 6. The highest BCUT2D eigenvalue weighted by Gasteiger charge is 2.41. The van der Waals surface area contributed by atoms with E-state index in [4.69, 9.17) is 9.47 Å². The van der Waals surface area contributed by atoms with Gasteiger partial charge in [-0.1, -0.05) is 31.2 Å². The van der Waals surface area contributed by atoms with Crippen LogP contribution in [-0.4, -0.2) is 59.4 Å². The van der Waals surface area contributed by atoms with Crippen LogP contribution in [0.15, 0.2) is 30.5 Å². The summed E-state index contributed by atoms with van der Waals surface area (Å²) >= 11 is 0. The van der Waals surface area contributed by atoms with Crippen LogP contribution in [0.5, 0.6) is 5.75 Å². The summed E-state index contributed by atoms with van der Waals surface area (Å²) in [5, 5.41) is 17.5. The van der Waals surface area contributed by atoms with Crippen molar-refractivity contribution in [3.05, 3.63) is 53.4 Å². The first-order valence-electron chi connectivity index (χ1n) is 15.1. The molecular formula is C31H44FN7O3. The molecule has 1 saturated heterocycles. The van der Waals surface area contributed by atoms with E-state index in [-0.39, 0.29) is 18.9 Å². The molecule has 0 unspecified atom stereocenters. The lowest BCUT2D eigenvalue weighted by molar-refractivity contribution is 0.00123. The summed E-state index contributed by atoms with van der Waals surface area (Å²) in [6, 6.07) is 8.35. The standard InChI is InChI=1S/C31H44FN7O3/c1-21(2)23-8-7-9-25(18-23)41-20-27-34-35-28(37(27)6)22-10-12-24(13-11-22)39-19-26(33-36-39)31(32)14-16-38(17-15-31)29(40)42-30(3,4)5/h7-9,18-19,21-22,24H,10-17,20H2,1-6H3. The molecule has 3 aromatic rings. The first kappa shape index (κ1) is 30.0. The number of benzene rings is 1. The molecule has 1 amide bonds. The lowest BCUT2D eigenvalue weighted by Gasteiger charge is -2.36. The van der Waals surface area contributed by atoms with E-state index in [1.807, 2.05) is 44.6 Å². The largest absolute Gasteiger partial charge is 0.486 e. The van der Waals surface area contributed by atoms with Crippen molar-refractivity contribution in [1.29, 1.82) is 0 Å². The Hall–Kier alpha value is -3.50. The SMILES string of the molecule is CC(C)c1cccc(OCc2nnc(C3CCC(n4cc(C5(F)CCN(C(=O)OC(C)(C)C)CC5)nn4)CC3)n2C)c1. The van der Waals surface area contributed by atoms with Crippen LogP contribution in [0.3, 0.4) is 0 Å². The summed E-state index contributed by atoms with van der Waals surface area (Å²) in [4.78, 5) is 14.0. The molecule has 2 aliphatic rings. The van der Waals surface area contributed by atoms with Crippen molar-refractivity contribution >= 4 is 6.09 Å².